The molecule has 0 N–H and O–H groups in total. The Kier molecular flexibility index (Phi) is 5.84. The van der Waals surface area contributed by atoms with Gasteiger partial charge < -0.3 is 4.57 Å². The third kappa shape index (κ3) is 4.47. The first-order valence-electron chi connectivity index (χ1n) is 10.7. The molecule has 2 heterocycles. The predicted molar refractivity (Wildman–Crippen MR) is 130 cm³/mol. The van der Waals surface area contributed by atoms with Crippen molar-refractivity contribution in [3.05, 3.63) is 112 Å². The first-order chi connectivity index (χ1) is 16.1. The average molecular weight is 457 g/mol. The molecule has 4 aromatic rings. The Bertz CT molecular complexity index is 1360. The number of para-hydroxylation sites is 1. The molecule has 1 aromatic heterocycles. The number of carbonyl (C=O) groups excluding carboxylic acids is 2. The van der Waals surface area contributed by atoms with E-state index in [0.29, 0.717) is 24.4 Å². The van der Waals surface area contributed by atoms with Crippen molar-refractivity contribution < 1.29 is 14.0 Å². The molecule has 0 atom stereocenters. The standard InChI is InChI=1S/C27H21FN2O2S/c28-22-12-10-20(11-13-22)17-29-18-21(23-8-4-5-9-24(23)29)16-25-26(31)30(27(32)33-25)15-14-19-6-2-1-3-7-19/h1-13,16,18H,14-15,17H2/b25-16-. The van der Waals surface area contributed by atoms with E-state index in [0.717, 1.165) is 39.4 Å². The molecule has 0 aliphatic carbocycles. The Morgan fingerprint density at radius 1 is 0.848 bits per heavy atom. The fraction of sp³-hybridized carbons (Fsp3) is 0.111. The zero-order chi connectivity index (χ0) is 22.8. The van der Waals surface area contributed by atoms with Gasteiger partial charge in [0.15, 0.2) is 0 Å². The minimum Gasteiger partial charge on any atom is -0.342 e. The second kappa shape index (κ2) is 9.08. The van der Waals surface area contributed by atoms with Crippen molar-refractivity contribution in [1.29, 1.82) is 0 Å². The van der Waals surface area contributed by atoms with Gasteiger partial charge in [0.1, 0.15) is 5.82 Å². The molecule has 1 saturated heterocycles. The van der Waals surface area contributed by atoms with Gasteiger partial charge in [-0.25, -0.2) is 4.39 Å². The zero-order valence-electron chi connectivity index (χ0n) is 17.8. The highest BCUT2D eigenvalue weighted by molar-refractivity contribution is 8.18. The maximum Gasteiger partial charge on any atom is 0.293 e. The summed E-state index contributed by atoms with van der Waals surface area (Å²) in [5.41, 5.74) is 3.95. The van der Waals surface area contributed by atoms with Gasteiger partial charge in [-0.3, -0.25) is 14.5 Å². The maximum absolute atomic E-state index is 13.3. The predicted octanol–water partition coefficient (Wildman–Crippen LogP) is 6.11. The summed E-state index contributed by atoms with van der Waals surface area (Å²) in [6.07, 6.45) is 4.41. The molecule has 1 fully saturated rings. The molecule has 0 unspecified atom stereocenters. The summed E-state index contributed by atoms with van der Waals surface area (Å²) in [6.45, 7) is 0.936. The van der Waals surface area contributed by atoms with Crippen LogP contribution in [-0.4, -0.2) is 27.2 Å². The highest BCUT2D eigenvalue weighted by atomic mass is 32.2. The number of amides is 2. The molecule has 1 aliphatic rings. The Labute approximate surface area is 195 Å². The maximum atomic E-state index is 13.3. The van der Waals surface area contributed by atoms with Gasteiger partial charge in [0.05, 0.1) is 4.91 Å². The summed E-state index contributed by atoms with van der Waals surface area (Å²) < 4.78 is 15.4. The highest BCUT2D eigenvalue weighted by Crippen LogP contribution is 2.34. The van der Waals surface area contributed by atoms with E-state index in [1.165, 1.54) is 17.0 Å². The van der Waals surface area contributed by atoms with Gasteiger partial charge in [-0.05, 0) is 53.6 Å². The molecule has 2 amide bonds. The van der Waals surface area contributed by atoms with Gasteiger partial charge in [0, 0.05) is 35.8 Å². The monoisotopic (exact) mass is 456 g/mol. The van der Waals surface area contributed by atoms with E-state index in [1.54, 1.807) is 18.2 Å². The third-order valence-corrected chi connectivity index (χ3v) is 6.62. The van der Waals surface area contributed by atoms with Crippen molar-refractivity contribution >= 4 is 39.9 Å². The van der Waals surface area contributed by atoms with Gasteiger partial charge in [-0.1, -0.05) is 60.7 Å². The van der Waals surface area contributed by atoms with Crippen molar-refractivity contribution in [3.63, 3.8) is 0 Å². The summed E-state index contributed by atoms with van der Waals surface area (Å²) in [5, 5.41) is 0.757. The van der Waals surface area contributed by atoms with Crippen LogP contribution in [-0.2, 0) is 17.8 Å². The Morgan fingerprint density at radius 3 is 2.36 bits per heavy atom. The number of hydrogen-bond donors (Lipinski definition) is 0. The zero-order valence-corrected chi connectivity index (χ0v) is 18.6. The smallest absolute Gasteiger partial charge is 0.293 e. The van der Waals surface area contributed by atoms with Crippen molar-refractivity contribution in [2.45, 2.75) is 13.0 Å². The number of benzene rings is 3. The Balaban J connectivity index is 1.41. The van der Waals surface area contributed by atoms with E-state index in [2.05, 4.69) is 4.57 Å². The second-order valence-electron chi connectivity index (χ2n) is 7.92. The number of nitrogens with zero attached hydrogens (tertiary/aromatic N) is 2. The Hall–Kier alpha value is -3.64. The molecular formula is C27H21FN2O2S. The minimum absolute atomic E-state index is 0.239. The van der Waals surface area contributed by atoms with E-state index in [-0.39, 0.29) is 17.0 Å². The summed E-state index contributed by atoms with van der Waals surface area (Å²) in [7, 11) is 0. The quantitative estimate of drug-likeness (QED) is 0.329. The average Bonchev–Trinajstić information content (AvgIpc) is 3.31. The molecule has 33 heavy (non-hydrogen) atoms. The van der Waals surface area contributed by atoms with E-state index in [9.17, 15) is 14.0 Å². The molecule has 5 rings (SSSR count). The molecule has 164 valence electrons. The molecule has 4 nitrogen and oxygen atoms in total. The van der Waals surface area contributed by atoms with E-state index < -0.39 is 0 Å². The van der Waals surface area contributed by atoms with Crippen LogP contribution in [0, 0.1) is 5.82 Å². The number of rotatable bonds is 6. The second-order valence-corrected chi connectivity index (χ2v) is 8.92. The number of imide groups is 1. The lowest BCUT2D eigenvalue weighted by Crippen LogP contribution is -2.30. The minimum atomic E-state index is -0.264. The first-order valence-corrected chi connectivity index (χ1v) is 11.5. The number of carbonyl (C=O) groups is 2. The fourth-order valence-corrected chi connectivity index (χ4v) is 4.88. The van der Waals surface area contributed by atoms with Crippen LogP contribution in [0.3, 0.4) is 0 Å². The van der Waals surface area contributed by atoms with Crippen LogP contribution in [0.5, 0.6) is 0 Å². The lowest BCUT2D eigenvalue weighted by Gasteiger charge is -2.12. The largest absolute Gasteiger partial charge is 0.342 e. The molecule has 0 saturated carbocycles. The molecule has 6 heteroatoms. The normalized spacial score (nSPS) is 15.2. The van der Waals surface area contributed by atoms with Crippen molar-refractivity contribution in [1.82, 2.24) is 9.47 Å². The topological polar surface area (TPSA) is 42.3 Å². The van der Waals surface area contributed by atoms with Crippen molar-refractivity contribution in [2.75, 3.05) is 6.54 Å². The number of halogens is 1. The van der Waals surface area contributed by atoms with Crippen LogP contribution in [0.15, 0.2) is 90.0 Å². The molecule has 0 radical (unpaired) electrons. The molecule has 0 bridgehead atoms. The van der Waals surface area contributed by atoms with Gasteiger partial charge >= 0.3 is 0 Å². The van der Waals surface area contributed by atoms with Crippen molar-refractivity contribution in [3.8, 4) is 0 Å². The first kappa shape index (κ1) is 21.2. The van der Waals surface area contributed by atoms with Crippen LogP contribution < -0.4 is 0 Å². The highest BCUT2D eigenvalue weighted by Gasteiger charge is 2.34. The van der Waals surface area contributed by atoms with Gasteiger partial charge in [-0.15, -0.1) is 0 Å². The molecule has 3 aromatic carbocycles. The van der Waals surface area contributed by atoms with Crippen LogP contribution in [0.25, 0.3) is 17.0 Å². The van der Waals surface area contributed by atoms with Crippen LogP contribution in [0.1, 0.15) is 16.7 Å². The lowest BCUT2D eigenvalue weighted by atomic mass is 10.1. The van der Waals surface area contributed by atoms with E-state index in [1.807, 2.05) is 60.8 Å². The van der Waals surface area contributed by atoms with Crippen LogP contribution in [0.2, 0.25) is 0 Å². The molecular weight excluding hydrogens is 435 g/mol. The van der Waals surface area contributed by atoms with E-state index >= 15 is 0 Å². The van der Waals surface area contributed by atoms with Crippen LogP contribution in [0.4, 0.5) is 9.18 Å². The van der Waals surface area contributed by atoms with Gasteiger partial charge in [0.2, 0.25) is 0 Å². The Morgan fingerprint density at radius 2 is 1.58 bits per heavy atom. The molecule has 1 aliphatic heterocycles. The number of fused-ring (bicyclic) bond motifs is 1. The van der Waals surface area contributed by atoms with Gasteiger partial charge in [0.25, 0.3) is 11.1 Å². The summed E-state index contributed by atoms with van der Waals surface area (Å²) >= 11 is 0.983. The van der Waals surface area contributed by atoms with Gasteiger partial charge in [-0.2, -0.15) is 0 Å². The number of aromatic nitrogens is 1. The number of hydrogen-bond acceptors (Lipinski definition) is 3. The van der Waals surface area contributed by atoms with Crippen molar-refractivity contribution in [2.24, 2.45) is 0 Å². The number of thioether (sulfide) groups is 1. The summed E-state index contributed by atoms with van der Waals surface area (Å²) in [5.74, 6) is -0.518. The summed E-state index contributed by atoms with van der Waals surface area (Å²) in [4.78, 5) is 27.3. The third-order valence-electron chi connectivity index (χ3n) is 5.71. The summed E-state index contributed by atoms with van der Waals surface area (Å²) in [6, 6.07) is 24.2. The molecule has 0 spiro atoms. The SMILES string of the molecule is O=C1S/C(=C\c2cn(Cc3ccc(F)cc3)c3ccccc23)C(=O)N1CCc1ccccc1. The van der Waals surface area contributed by atoms with Crippen LogP contribution >= 0.6 is 11.8 Å². The lowest BCUT2D eigenvalue weighted by molar-refractivity contribution is -0.122. The van der Waals surface area contributed by atoms with E-state index in [4.69, 9.17) is 0 Å². The fourth-order valence-electron chi connectivity index (χ4n) is 4.03.